The van der Waals surface area contributed by atoms with Gasteiger partial charge in [-0.25, -0.2) is 4.99 Å². The number of amides is 1. The number of carbonyl (C=O) groups excluding carboxylic acids is 1. The zero-order valence-electron chi connectivity index (χ0n) is 11.0. The van der Waals surface area contributed by atoms with Crippen molar-refractivity contribution in [1.29, 1.82) is 0 Å². The molecule has 0 saturated carbocycles. The Bertz CT molecular complexity index is 718. The van der Waals surface area contributed by atoms with E-state index in [0.717, 1.165) is 16.7 Å². The molecule has 4 nitrogen and oxygen atoms in total. The van der Waals surface area contributed by atoms with Gasteiger partial charge in [0, 0.05) is 18.0 Å². The number of aromatic nitrogens is 1. The Balaban J connectivity index is 1.95. The molecule has 2 aromatic rings. The minimum atomic E-state index is -0.182. The third kappa shape index (κ3) is 2.49. The lowest BCUT2D eigenvalue weighted by molar-refractivity contribution is -0.115. The van der Waals surface area contributed by atoms with Crippen LogP contribution >= 0.6 is 0 Å². The van der Waals surface area contributed by atoms with E-state index in [1.54, 1.807) is 18.5 Å². The fraction of sp³-hybridized carbons (Fsp3) is 0.0625. The zero-order valence-corrected chi connectivity index (χ0v) is 11.0. The number of hydrogen-bond acceptors (Lipinski definition) is 3. The molecule has 0 bridgehead atoms. The van der Waals surface area contributed by atoms with Crippen molar-refractivity contribution >= 4 is 17.8 Å². The number of amidine groups is 1. The second kappa shape index (κ2) is 5.09. The second-order valence-corrected chi connectivity index (χ2v) is 4.59. The topological polar surface area (TPSA) is 54.4 Å². The largest absolute Gasteiger partial charge is 0.305 e. The van der Waals surface area contributed by atoms with Crippen LogP contribution in [-0.4, -0.2) is 16.7 Å². The molecule has 2 heterocycles. The van der Waals surface area contributed by atoms with Gasteiger partial charge in [0.05, 0.1) is 0 Å². The summed E-state index contributed by atoms with van der Waals surface area (Å²) in [5.74, 6) is 0.384. The fourth-order valence-corrected chi connectivity index (χ4v) is 2.03. The minimum absolute atomic E-state index is 0.182. The van der Waals surface area contributed by atoms with Gasteiger partial charge >= 0.3 is 0 Å². The van der Waals surface area contributed by atoms with E-state index in [2.05, 4.69) is 15.3 Å². The number of aliphatic imine (C=N–C) groups is 1. The van der Waals surface area contributed by atoms with Gasteiger partial charge in [-0.15, -0.1) is 0 Å². The van der Waals surface area contributed by atoms with E-state index < -0.39 is 0 Å². The highest BCUT2D eigenvalue weighted by molar-refractivity contribution is 6.19. The van der Waals surface area contributed by atoms with Crippen molar-refractivity contribution < 1.29 is 4.79 Å². The van der Waals surface area contributed by atoms with Crippen LogP contribution in [-0.2, 0) is 4.79 Å². The first kappa shape index (κ1) is 12.3. The number of aryl methyl sites for hydroxylation is 1. The number of benzene rings is 1. The first-order valence-electron chi connectivity index (χ1n) is 6.31. The van der Waals surface area contributed by atoms with Gasteiger partial charge < -0.3 is 5.32 Å². The van der Waals surface area contributed by atoms with Crippen molar-refractivity contribution in [2.75, 3.05) is 0 Å². The van der Waals surface area contributed by atoms with Crippen LogP contribution in [0.5, 0.6) is 0 Å². The van der Waals surface area contributed by atoms with Crippen LogP contribution < -0.4 is 5.32 Å². The summed E-state index contributed by atoms with van der Waals surface area (Å²) in [6.07, 6.45) is 5.13. The van der Waals surface area contributed by atoms with Crippen molar-refractivity contribution in [3.05, 3.63) is 71.2 Å². The highest BCUT2D eigenvalue weighted by Gasteiger charge is 2.20. The summed E-state index contributed by atoms with van der Waals surface area (Å²) < 4.78 is 0. The summed E-state index contributed by atoms with van der Waals surface area (Å²) in [5.41, 5.74) is 3.38. The molecular formula is C16H13N3O. The lowest BCUT2D eigenvalue weighted by Crippen LogP contribution is -2.24. The monoisotopic (exact) mass is 263 g/mol. The van der Waals surface area contributed by atoms with E-state index in [-0.39, 0.29) is 5.91 Å². The molecule has 0 unspecified atom stereocenters. The summed E-state index contributed by atoms with van der Waals surface area (Å²) in [6.45, 7) is 2.02. The maximum absolute atomic E-state index is 11.9. The molecule has 1 N–H and O–H groups in total. The Morgan fingerprint density at radius 2 is 1.95 bits per heavy atom. The van der Waals surface area contributed by atoms with E-state index in [0.29, 0.717) is 11.5 Å². The second-order valence-electron chi connectivity index (χ2n) is 4.59. The molecule has 1 aliphatic rings. The van der Waals surface area contributed by atoms with Crippen LogP contribution in [0, 0.1) is 6.92 Å². The zero-order chi connectivity index (χ0) is 13.9. The normalized spacial score (nSPS) is 16.1. The summed E-state index contributed by atoms with van der Waals surface area (Å²) in [6, 6.07) is 11.6. The highest BCUT2D eigenvalue weighted by atomic mass is 16.2. The van der Waals surface area contributed by atoms with Gasteiger partial charge in [-0.3, -0.25) is 9.78 Å². The maximum Gasteiger partial charge on any atom is 0.275 e. The van der Waals surface area contributed by atoms with Crippen LogP contribution in [0.25, 0.3) is 6.08 Å². The van der Waals surface area contributed by atoms with Crippen molar-refractivity contribution in [3.8, 4) is 0 Å². The molecule has 1 amide bonds. The summed E-state index contributed by atoms with van der Waals surface area (Å²) >= 11 is 0. The van der Waals surface area contributed by atoms with E-state index in [1.165, 1.54) is 0 Å². The molecular weight excluding hydrogens is 250 g/mol. The Morgan fingerprint density at radius 3 is 2.70 bits per heavy atom. The Morgan fingerprint density at radius 1 is 1.15 bits per heavy atom. The summed E-state index contributed by atoms with van der Waals surface area (Å²) in [4.78, 5) is 20.2. The van der Waals surface area contributed by atoms with Crippen LogP contribution in [0.3, 0.4) is 0 Å². The third-order valence-corrected chi connectivity index (χ3v) is 3.00. The molecule has 1 aromatic carbocycles. The predicted molar refractivity (Wildman–Crippen MR) is 78.1 cm³/mol. The van der Waals surface area contributed by atoms with Crippen LogP contribution in [0.15, 0.2) is 59.5 Å². The Hall–Kier alpha value is -2.75. The van der Waals surface area contributed by atoms with E-state index in [1.807, 2.05) is 43.3 Å². The smallest absolute Gasteiger partial charge is 0.275 e. The van der Waals surface area contributed by atoms with Crippen molar-refractivity contribution in [2.24, 2.45) is 4.99 Å². The third-order valence-electron chi connectivity index (χ3n) is 3.00. The van der Waals surface area contributed by atoms with Gasteiger partial charge in [0.15, 0.2) is 0 Å². The molecule has 4 heteroatoms. The van der Waals surface area contributed by atoms with E-state index in [4.69, 9.17) is 0 Å². The van der Waals surface area contributed by atoms with Crippen LogP contribution in [0.2, 0.25) is 0 Å². The van der Waals surface area contributed by atoms with E-state index >= 15 is 0 Å². The van der Waals surface area contributed by atoms with Gasteiger partial charge in [-0.05, 0) is 30.7 Å². The molecule has 1 aromatic heterocycles. The lowest BCUT2D eigenvalue weighted by Gasteiger charge is -1.97. The SMILES string of the molecule is Cc1cccc(/C=C2/N=C(c3ccncc3)NC2=O)c1. The standard InChI is InChI=1S/C16H13N3O/c1-11-3-2-4-12(9-11)10-14-16(20)19-15(18-14)13-5-7-17-8-6-13/h2-10H,1H3,(H,18,19,20)/b14-10+. The molecule has 20 heavy (non-hydrogen) atoms. The van der Waals surface area contributed by atoms with E-state index in [9.17, 15) is 4.79 Å². The minimum Gasteiger partial charge on any atom is -0.305 e. The average Bonchev–Trinajstić information content (AvgIpc) is 2.81. The van der Waals surface area contributed by atoms with Crippen LogP contribution in [0.4, 0.5) is 0 Å². The number of carbonyl (C=O) groups is 1. The van der Waals surface area contributed by atoms with Gasteiger partial charge in [0.25, 0.3) is 5.91 Å². The Kier molecular flexibility index (Phi) is 3.13. The fourth-order valence-electron chi connectivity index (χ4n) is 2.03. The van der Waals surface area contributed by atoms with Gasteiger partial charge in [-0.1, -0.05) is 29.8 Å². The summed E-state index contributed by atoms with van der Waals surface area (Å²) in [5, 5.41) is 2.77. The average molecular weight is 263 g/mol. The number of pyridine rings is 1. The molecule has 3 rings (SSSR count). The maximum atomic E-state index is 11.9. The van der Waals surface area contributed by atoms with Gasteiger partial charge in [0.1, 0.15) is 11.5 Å². The number of nitrogens with zero attached hydrogens (tertiary/aromatic N) is 2. The quantitative estimate of drug-likeness (QED) is 0.845. The predicted octanol–water partition coefficient (Wildman–Crippen LogP) is 2.31. The van der Waals surface area contributed by atoms with Gasteiger partial charge in [-0.2, -0.15) is 0 Å². The van der Waals surface area contributed by atoms with Crippen molar-refractivity contribution in [3.63, 3.8) is 0 Å². The van der Waals surface area contributed by atoms with Gasteiger partial charge in [0.2, 0.25) is 0 Å². The molecule has 0 spiro atoms. The number of nitrogens with one attached hydrogen (secondary N) is 1. The molecule has 0 radical (unpaired) electrons. The number of hydrogen-bond donors (Lipinski definition) is 1. The Labute approximate surface area is 116 Å². The first-order valence-corrected chi connectivity index (χ1v) is 6.31. The molecule has 0 saturated heterocycles. The highest BCUT2D eigenvalue weighted by Crippen LogP contribution is 2.15. The summed E-state index contributed by atoms with van der Waals surface area (Å²) in [7, 11) is 0. The first-order chi connectivity index (χ1) is 9.72. The number of rotatable bonds is 2. The molecule has 0 atom stereocenters. The van der Waals surface area contributed by atoms with Crippen LogP contribution in [0.1, 0.15) is 16.7 Å². The molecule has 0 aliphatic carbocycles. The lowest BCUT2D eigenvalue weighted by atomic mass is 10.1. The molecule has 1 aliphatic heterocycles. The molecule has 0 fully saturated rings. The molecule has 98 valence electrons. The van der Waals surface area contributed by atoms with Crippen molar-refractivity contribution in [1.82, 2.24) is 10.3 Å². The van der Waals surface area contributed by atoms with Crippen molar-refractivity contribution in [2.45, 2.75) is 6.92 Å².